The van der Waals surface area contributed by atoms with Gasteiger partial charge in [0.25, 0.3) is 5.91 Å². The highest BCUT2D eigenvalue weighted by Gasteiger charge is 2.27. The van der Waals surface area contributed by atoms with E-state index in [9.17, 15) is 18.0 Å². The minimum Gasteiger partial charge on any atom is -0.378 e. The van der Waals surface area contributed by atoms with E-state index in [1.807, 2.05) is 67.4 Å². The Balaban J connectivity index is 0.000000170. The second-order valence-corrected chi connectivity index (χ2v) is 18.1. The average molecular weight is 985 g/mol. The van der Waals surface area contributed by atoms with Crippen LogP contribution in [0.2, 0.25) is 0 Å². The first kappa shape index (κ1) is 48.3. The number of carbonyl (C=O) groups excluding carboxylic acids is 1. The molecule has 0 radical (unpaired) electrons. The van der Waals surface area contributed by atoms with Crippen LogP contribution in [-0.2, 0) is 9.47 Å². The van der Waals surface area contributed by atoms with Gasteiger partial charge in [0.05, 0.1) is 107 Å². The summed E-state index contributed by atoms with van der Waals surface area (Å²) in [6.07, 6.45) is 7.01. The van der Waals surface area contributed by atoms with Gasteiger partial charge < -0.3 is 49.9 Å². The largest absolute Gasteiger partial charge is 0.378 e. The second kappa shape index (κ2) is 21.6. The Labute approximate surface area is 414 Å². The fraction of sp³-hybridized carbons (Fsp3) is 0.340. The van der Waals surface area contributed by atoms with E-state index in [1.165, 1.54) is 12.1 Å². The lowest BCUT2D eigenvalue weighted by Crippen LogP contribution is -2.49. The fourth-order valence-electron chi connectivity index (χ4n) is 9.75. The zero-order valence-electron chi connectivity index (χ0n) is 40.2. The van der Waals surface area contributed by atoms with E-state index in [-0.39, 0.29) is 22.2 Å². The summed E-state index contributed by atoms with van der Waals surface area (Å²) in [7, 11) is 0. The standard InChI is InChI=1S/C30H30F2N6O2.C23H26F2N6O/c1-20-28(34-23-17-24(19-33-18-23)36-11-13-40-14-12-36)27-25(32)15-22(31)16-26(27)35-29(20)37-7-9-38(10-8-37)30(39)21-5-3-2-4-6-21;1-15-22(28-17-12-18(14-27-13-17)30-6-8-32-9-7-30)21-19(25)10-16(24)11-20(21)29-23(15)31-4-2-26-3-5-31/h2-6,15-19H,7-14H2,1H3,(H,34,35);10-14,26H,2-9H2,1H3,(H,28,29). The van der Waals surface area contributed by atoms with Crippen molar-refractivity contribution in [2.75, 3.05) is 135 Å². The van der Waals surface area contributed by atoms with Crippen LogP contribution in [0.1, 0.15) is 21.5 Å². The number of piperazine rings is 2. The summed E-state index contributed by atoms with van der Waals surface area (Å²) in [5.41, 5.74) is 7.16. The molecule has 8 heterocycles. The number of fused-ring (bicyclic) bond motifs is 2. The van der Waals surface area contributed by atoms with Crippen molar-refractivity contribution in [3.63, 3.8) is 0 Å². The summed E-state index contributed by atoms with van der Waals surface area (Å²) in [4.78, 5) is 41.5. The van der Waals surface area contributed by atoms with Gasteiger partial charge in [0.1, 0.15) is 34.9 Å². The molecule has 0 saturated carbocycles. The molecule has 1 amide bonds. The predicted molar refractivity (Wildman–Crippen MR) is 274 cm³/mol. The van der Waals surface area contributed by atoms with E-state index < -0.39 is 23.3 Å². The van der Waals surface area contributed by atoms with Gasteiger partial charge in [-0.3, -0.25) is 14.8 Å². The van der Waals surface area contributed by atoms with Crippen LogP contribution >= 0.6 is 0 Å². The molecule has 72 heavy (non-hydrogen) atoms. The molecule has 0 unspecified atom stereocenters. The molecule has 0 bridgehead atoms. The first-order chi connectivity index (χ1) is 35.1. The van der Waals surface area contributed by atoms with Gasteiger partial charge in [0, 0.05) is 119 Å². The molecule has 0 aliphatic carbocycles. The third-order valence-electron chi connectivity index (χ3n) is 13.5. The number of halogens is 4. The van der Waals surface area contributed by atoms with E-state index in [1.54, 1.807) is 18.6 Å². The number of hydrogen-bond acceptors (Lipinski definition) is 14. The van der Waals surface area contributed by atoms with E-state index in [2.05, 4.69) is 50.5 Å². The molecule has 11 rings (SSSR count). The maximum Gasteiger partial charge on any atom is 0.253 e. The number of anilines is 8. The van der Waals surface area contributed by atoms with Crippen LogP contribution in [0.15, 0.2) is 91.5 Å². The smallest absolute Gasteiger partial charge is 0.253 e. The molecule has 4 fully saturated rings. The van der Waals surface area contributed by atoms with Gasteiger partial charge in [-0.25, -0.2) is 27.5 Å². The normalized spacial score (nSPS) is 16.4. The van der Waals surface area contributed by atoms with Crippen molar-refractivity contribution in [3.8, 4) is 0 Å². The van der Waals surface area contributed by atoms with Gasteiger partial charge in [-0.1, -0.05) is 18.2 Å². The Bertz CT molecular complexity index is 3070. The summed E-state index contributed by atoms with van der Waals surface area (Å²) in [5.74, 6) is -1.29. The number of nitrogens with one attached hydrogen (secondary N) is 3. The number of aromatic nitrogens is 4. The molecular weight excluding hydrogens is 929 g/mol. The predicted octanol–water partition coefficient (Wildman–Crippen LogP) is 7.97. The van der Waals surface area contributed by atoms with Crippen molar-refractivity contribution in [3.05, 3.63) is 131 Å². The molecule has 3 aromatic carbocycles. The molecule has 19 heteroatoms. The Kier molecular flexibility index (Phi) is 14.5. The third kappa shape index (κ3) is 10.5. The fourth-order valence-corrected chi connectivity index (χ4v) is 9.75. The van der Waals surface area contributed by atoms with Crippen molar-refractivity contribution in [1.82, 2.24) is 30.2 Å². The molecule has 7 aromatic rings. The number of rotatable bonds is 9. The molecule has 4 saturated heterocycles. The Morgan fingerprint density at radius 1 is 0.556 bits per heavy atom. The molecule has 4 aliphatic heterocycles. The number of benzene rings is 3. The second-order valence-electron chi connectivity index (χ2n) is 18.1. The summed E-state index contributed by atoms with van der Waals surface area (Å²) in [5, 5.41) is 10.6. The van der Waals surface area contributed by atoms with Crippen LogP contribution < -0.4 is 35.6 Å². The zero-order valence-corrected chi connectivity index (χ0v) is 40.2. The van der Waals surface area contributed by atoms with Crippen molar-refractivity contribution in [1.29, 1.82) is 0 Å². The van der Waals surface area contributed by atoms with Crippen molar-refractivity contribution in [2.24, 2.45) is 0 Å². The summed E-state index contributed by atoms with van der Waals surface area (Å²) in [6.45, 7) is 14.9. The Hall–Kier alpha value is -7.35. The Morgan fingerprint density at radius 2 is 1.01 bits per heavy atom. The molecule has 4 aliphatic rings. The number of nitrogens with zero attached hydrogens (tertiary/aromatic N) is 9. The van der Waals surface area contributed by atoms with Crippen LogP contribution in [0.3, 0.4) is 0 Å². The van der Waals surface area contributed by atoms with Crippen molar-refractivity contribution >= 4 is 73.5 Å². The average Bonchev–Trinajstić information content (AvgIpc) is 3.41. The van der Waals surface area contributed by atoms with Gasteiger partial charge in [0.15, 0.2) is 0 Å². The van der Waals surface area contributed by atoms with Crippen LogP contribution in [0, 0.1) is 37.1 Å². The van der Waals surface area contributed by atoms with Gasteiger partial charge in [-0.05, 0) is 38.1 Å². The maximum absolute atomic E-state index is 15.2. The highest BCUT2D eigenvalue weighted by molar-refractivity contribution is 5.99. The van der Waals surface area contributed by atoms with Crippen molar-refractivity contribution < 1.29 is 31.8 Å². The van der Waals surface area contributed by atoms with Crippen LogP contribution in [0.25, 0.3) is 21.8 Å². The third-order valence-corrected chi connectivity index (χ3v) is 13.5. The van der Waals surface area contributed by atoms with Gasteiger partial charge in [0.2, 0.25) is 0 Å². The summed E-state index contributed by atoms with van der Waals surface area (Å²) < 4.78 is 69.4. The molecule has 0 atom stereocenters. The molecule has 374 valence electrons. The number of amides is 1. The van der Waals surface area contributed by atoms with Crippen molar-refractivity contribution in [2.45, 2.75) is 13.8 Å². The van der Waals surface area contributed by atoms with Crippen LogP contribution in [0.5, 0.6) is 0 Å². The zero-order chi connectivity index (χ0) is 49.7. The molecule has 0 spiro atoms. The molecule has 3 N–H and O–H groups in total. The summed E-state index contributed by atoms with van der Waals surface area (Å²) >= 11 is 0. The topological polar surface area (TPSA) is 139 Å². The first-order valence-corrected chi connectivity index (χ1v) is 24.3. The lowest BCUT2D eigenvalue weighted by atomic mass is 10.1. The highest BCUT2D eigenvalue weighted by atomic mass is 19.1. The monoisotopic (exact) mass is 984 g/mol. The van der Waals surface area contributed by atoms with E-state index in [4.69, 9.17) is 14.5 Å². The van der Waals surface area contributed by atoms with E-state index in [0.29, 0.717) is 86.6 Å². The molecule has 15 nitrogen and oxygen atoms in total. The quantitative estimate of drug-likeness (QED) is 0.121. The highest BCUT2D eigenvalue weighted by Crippen LogP contribution is 2.39. The molecule has 4 aromatic heterocycles. The minimum absolute atomic E-state index is 0.0115. The van der Waals surface area contributed by atoms with Crippen LogP contribution in [-0.4, -0.2) is 136 Å². The molecular formula is C53H56F4N12O3. The van der Waals surface area contributed by atoms with Gasteiger partial charge in [-0.15, -0.1) is 0 Å². The van der Waals surface area contributed by atoms with Gasteiger partial charge in [-0.2, -0.15) is 0 Å². The number of ether oxygens (including phenoxy) is 2. The Morgan fingerprint density at radius 3 is 1.49 bits per heavy atom. The lowest BCUT2D eigenvalue weighted by molar-refractivity contribution is 0.0746. The number of morpholine rings is 2. The van der Waals surface area contributed by atoms with Gasteiger partial charge >= 0.3 is 0 Å². The minimum atomic E-state index is -0.687. The van der Waals surface area contributed by atoms with Crippen LogP contribution in [0.4, 0.5) is 63.3 Å². The van der Waals surface area contributed by atoms with E-state index >= 15 is 4.39 Å². The number of pyridine rings is 4. The lowest BCUT2D eigenvalue weighted by Gasteiger charge is -2.36. The maximum atomic E-state index is 15.2. The SMILES string of the molecule is Cc1c(N2CCN(C(=O)c3ccccc3)CC2)nc2cc(F)cc(F)c2c1Nc1cncc(N2CCOCC2)c1.Cc1c(N2CCNCC2)nc2cc(F)cc(F)c2c1Nc1cncc(N2CCOCC2)c1. The first-order valence-electron chi connectivity index (χ1n) is 24.3. The number of carbonyl (C=O) groups is 1. The van der Waals surface area contributed by atoms with E-state index in [0.717, 1.165) is 98.5 Å². The number of hydrogen-bond donors (Lipinski definition) is 3. The summed E-state index contributed by atoms with van der Waals surface area (Å²) in [6, 6.07) is 17.5.